The molecular formula is C17H22O2. The molecule has 2 heteroatoms. The Morgan fingerprint density at radius 1 is 1.37 bits per heavy atom. The van der Waals surface area contributed by atoms with Crippen molar-refractivity contribution >= 4 is 5.78 Å². The van der Waals surface area contributed by atoms with E-state index < -0.39 is 0 Å². The summed E-state index contributed by atoms with van der Waals surface area (Å²) in [7, 11) is 0. The summed E-state index contributed by atoms with van der Waals surface area (Å²) in [6, 6.07) is 8.21. The van der Waals surface area contributed by atoms with Crippen molar-refractivity contribution in [2.45, 2.75) is 51.0 Å². The van der Waals surface area contributed by atoms with E-state index in [-0.39, 0.29) is 11.5 Å². The topological polar surface area (TPSA) is 26.3 Å². The molecule has 0 radical (unpaired) electrons. The number of Topliss-reactive ketones (excluding diaryl/α,β-unsaturated/α-hetero) is 1. The number of aryl methyl sites for hydroxylation is 1. The number of ketones is 1. The third-order valence-corrected chi connectivity index (χ3v) is 4.84. The molecule has 1 aromatic rings. The fourth-order valence-corrected chi connectivity index (χ4v) is 3.36. The van der Waals surface area contributed by atoms with Gasteiger partial charge in [-0.2, -0.15) is 0 Å². The zero-order valence-electron chi connectivity index (χ0n) is 11.7. The van der Waals surface area contributed by atoms with Crippen LogP contribution in [0.2, 0.25) is 0 Å². The molecule has 2 nitrogen and oxygen atoms in total. The van der Waals surface area contributed by atoms with Gasteiger partial charge in [0, 0.05) is 18.9 Å². The van der Waals surface area contributed by atoms with E-state index in [1.165, 1.54) is 17.5 Å². The third-order valence-electron chi connectivity index (χ3n) is 4.84. The van der Waals surface area contributed by atoms with Gasteiger partial charge in [-0.05, 0) is 50.2 Å². The Labute approximate surface area is 115 Å². The Bertz CT molecular complexity index is 474. The van der Waals surface area contributed by atoms with Gasteiger partial charge in [0.15, 0.2) is 0 Å². The van der Waals surface area contributed by atoms with Crippen LogP contribution in [0.4, 0.5) is 0 Å². The normalized spacial score (nSPS) is 25.0. The van der Waals surface area contributed by atoms with Gasteiger partial charge in [0.25, 0.3) is 0 Å². The summed E-state index contributed by atoms with van der Waals surface area (Å²) in [6.45, 7) is 2.85. The van der Waals surface area contributed by atoms with E-state index in [0.717, 1.165) is 32.3 Å². The summed E-state index contributed by atoms with van der Waals surface area (Å²) in [5, 5.41) is 0. The summed E-state index contributed by atoms with van der Waals surface area (Å²) in [4.78, 5) is 12.5. The van der Waals surface area contributed by atoms with E-state index in [4.69, 9.17) is 4.74 Å². The molecule has 1 spiro atoms. The Balaban J connectivity index is 1.65. The molecule has 1 aliphatic heterocycles. The minimum atomic E-state index is 0.0737. The first-order valence-electron chi connectivity index (χ1n) is 7.40. The van der Waals surface area contributed by atoms with Gasteiger partial charge in [0.05, 0.1) is 5.60 Å². The average molecular weight is 258 g/mol. The van der Waals surface area contributed by atoms with Gasteiger partial charge in [0.2, 0.25) is 0 Å². The molecule has 0 amide bonds. The smallest absolute Gasteiger partial charge is 0.140 e. The maximum atomic E-state index is 12.5. The molecule has 0 N–H and O–H groups in total. The molecule has 0 aromatic heterocycles. The van der Waals surface area contributed by atoms with Crippen molar-refractivity contribution in [3.63, 3.8) is 0 Å². The van der Waals surface area contributed by atoms with Crippen LogP contribution in [0, 0.1) is 12.8 Å². The van der Waals surface area contributed by atoms with Crippen molar-refractivity contribution in [3.05, 3.63) is 35.4 Å². The highest BCUT2D eigenvalue weighted by Gasteiger charge is 2.44. The molecule has 1 saturated heterocycles. The van der Waals surface area contributed by atoms with Gasteiger partial charge in [-0.15, -0.1) is 0 Å². The standard InChI is InChI=1S/C17H22O2/c1-13-5-2-3-6-14(13)11-16(18)15-7-10-19-17(12-15)8-4-9-17/h2-3,5-6,15H,4,7-12H2,1H3. The van der Waals surface area contributed by atoms with E-state index in [1.54, 1.807) is 0 Å². The van der Waals surface area contributed by atoms with Crippen molar-refractivity contribution in [1.29, 1.82) is 0 Å². The molecule has 1 aromatic carbocycles. The monoisotopic (exact) mass is 258 g/mol. The number of hydrogen-bond acceptors (Lipinski definition) is 2. The molecule has 102 valence electrons. The number of hydrogen-bond donors (Lipinski definition) is 0. The molecule has 1 aliphatic carbocycles. The number of carbonyl (C=O) groups is 1. The van der Waals surface area contributed by atoms with Crippen LogP contribution in [0.3, 0.4) is 0 Å². The molecule has 1 atom stereocenters. The first-order valence-corrected chi connectivity index (χ1v) is 7.40. The number of ether oxygens (including phenoxy) is 1. The lowest BCUT2D eigenvalue weighted by Crippen LogP contribution is -2.47. The molecule has 19 heavy (non-hydrogen) atoms. The quantitative estimate of drug-likeness (QED) is 0.830. The van der Waals surface area contributed by atoms with Crippen LogP contribution < -0.4 is 0 Å². The molecule has 1 heterocycles. The van der Waals surface area contributed by atoms with E-state index in [1.807, 2.05) is 12.1 Å². The van der Waals surface area contributed by atoms with E-state index in [0.29, 0.717) is 12.2 Å². The van der Waals surface area contributed by atoms with E-state index >= 15 is 0 Å². The summed E-state index contributed by atoms with van der Waals surface area (Å²) in [6.07, 6.45) is 6.03. The molecular weight excluding hydrogens is 236 g/mol. The maximum absolute atomic E-state index is 12.5. The highest BCUT2D eigenvalue weighted by atomic mass is 16.5. The van der Waals surface area contributed by atoms with Crippen molar-refractivity contribution in [2.75, 3.05) is 6.61 Å². The lowest BCUT2D eigenvalue weighted by atomic mass is 9.70. The average Bonchev–Trinajstić information content (AvgIpc) is 2.40. The van der Waals surface area contributed by atoms with E-state index in [2.05, 4.69) is 19.1 Å². The first kappa shape index (κ1) is 12.9. The fraction of sp³-hybridized carbons (Fsp3) is 0.588. The van der Waals surface area contributed by atoms with Crippen LogP contribution in [0.25, 0.3) is 0 Å². The van der Waals surface area contributed by atoms with Gasteiger partial charge in [0.1, 0.15) is 5.78 Å². The van der Waals surface area contributed by atoms with E-state index in [9.17, 15) is 4.79 Å². The van der Waals surface area contributed by atoms with Gasteiger partial charge in [-0.1, -0.05) is 24.3 Å². The van der Waals surface area contributed by atoms with Crippen LogP contribution in [0.1, 0.15) is 43.2 Å². The summed E-state index contributed by atoms with van der Waals surface area (Å²) >= 11 is 0. The highest BCUT2D eigenvalue weighted by Crippen LogP contribution is 2.44. The van der Waals surface area contributed by atoms with Crippen LogP contribution in [-0.2, 0) is 16.0 Å². The lowest BCUT2D eigenvalue weighted by Gasteiger charge is -2.46. The third kappa shape index (κ3) is 2.59. The highest BCUT2D eigenvalue weighted by molar-refractivity contribution is 5.83. The van der Waals surface area contributed by atoms with Crippen LogP contribution in [-0.4, -0.2) is 18.0 Å². The fourth-order valence-electron chi connectivity index (χ4n) is 3.36. The molecule has 0 bridgehead atoms. The predicted octanol–water partition coefficient (Wildman–Crippen LogP) is 3.46. The minimum absolute atomic E-state index is 0.0737. The Morgan fingerprint density at radius 2 is 2.16 bits per heavy atom. The first-order chi connectivity index (χ1) is 9.19. The van der Waals surface area contributed by atoms with Crippen molar-refractivity contribution in [3.8, 4) is 0 Å². The lowest BCUT2D eigenvalue weighted by molar-refractivity contribution is -0.155. The van der Waals surface area contributed by atoms with Gasteiger partial charge >= 0.3 is 0 Å². The van der Waals surface area contributed by atoms with Crippen molar-refractivity contribution in [2.24, 2.45) is 5.92 Å². The zero-order chi connectivity index (χ0) is 13.3. The molecule has 1 saturated carbocycles. The molecule has 2 aliphatic rings. The maximum Gasteiger partial charge on any atom is 0.140 e. The van der Waals surface area contributed by atoms with Crippen LogP contribution in [0.15, 0.2) is 24.3 Å². The van der Waals surface area contributed by atoms with Crippen molar-refractivity contribution < 1.29 is 9.53 Å². The largest absolute Gasteiger partial charge is 0.375 e. The number of benzene rings is 1. The van der Waals surface area contributed by atoms with Crippen molar-refractivity contribution in [1.82, 2.24) is 0 Å². The van der Waals surface area contributed by atoms with Crippen LogP contribution >= 0.6 is 0 Å². The summed E-state index contributed by atoms with van der Waals surface area (Å²) < 4.78 is 5.90. The number of rotatable bonds is 3. The second-order valence-electron chi connectivity index (χ2n) is 6.14. The molecule has 3 rings (SSSR count). The summed E-state index contributed by atoms with van der Waals surface area (Å²) in [5.41, 5.74) is 2.48. The second kappa shape index (κ2) is 5.09. The van der Waals surface area contributed by atoms with Gasteiger partial charge < -0.3 is 4.74 Å². The predicted molar refractivity (Wildman–Crippen MR) is 75.1 cm³/mol. The second-order valence-corrected chi connectivity index (χ2v) is 6.14. The Kier molecular flexibility index (Phi) is 3.44. The zero-order valence-corrected chi connectivity index (χ0v) is 11.7. The number of carbonyl (C=O) groups excluding carboxylic acids is 1. The Morgan fingerprint density at radius 3 is 2.84 bits per heavy atom. The van der Waals surface area contributed by atoms with Crippen LogP contribution in [0.5, 0.6) is 0 Å². The molecule has 1 unspecified atom stereocenters. The Hall–Kier alpha value is -1.15. The van der Waals surface area contributed by atoms with Gasteiger partial charge in [-0.25, -0.2) is 0 Å². The SMILES string of the molecule is Cc1ccccc1CC(=O)C1CCOC2(CCC2)C1. The molecule has 2 fully saturated rings. The summed E-state index contributed by atoms with van der Waals surface area (Å²) in [5.74, 6) is 0.623. The minimum Gasteiger partial charge on any atom is -0.375 e. The van der Waals surface area contributed by atoms with Gasteiger partial charge in [-0.3, -0.25) is 4.79 Å².